The summed E-state index contributed by atoms with van der Waals surface area (Å²) in [7, 11) is 0. The standard InChI is InChI=1S/C6H7I3N2.C2H6/c1-2-5-3-4-10-11(5)6(7,8)9;1-2/h3-4H,2H2,1H3;1-2H3. The van der Waals surface area contributed by atoms with Crippen LogP contribution in [0.25, 0.3) is 0 Å². The third-order valence-electron chi connectivity index (χ3n) is 1.32. The Hall–Kier alpha value is 1.40. The molecule has 0 aromatic carbocycles. The lowest BCUT2D eigenvalue weighted by Gasteiger charge is -2.15. The summed E-state index contributed by atoms with van der Waals surface area (Å²) in [6.45, 7) is 6.14. The Bertz CT molecular complexity index is 240. The Morgan fingerprint density at radius 3 is 2.23 bits per heavy atom. The van der Waals surface area contributed by atoms with Crippen LogP contribution in [0, 0.1) is 0 Å². The molecule has 0 bridgehead atoms. The lowest BCUT2D eigenvalue weighted by molar-refractivity contribution is 0.708. The quantitative estimate of drug-likeness (QED) is 0.421. The van der Waals surface area contributed by atoms with Crippen LogP contribution < -0.4 is 0 Å². The number of rotatable bonds is 2. The number of aryl methyl sites for hydroxylation is 1. The number of halogens is 3. The first kappa shape index (κ1) is 14.4. The molecule has 1 rings (SSSR count). The van der Waals surface area contributed by atoms with E-state index in [0.717, 1.165) is 6.42 Å². The van der Waals surface area contributed by atoms with Crippen LogP contribution in [0.1, 0.15) is 26.5 Å². The number of aromatic nitrogens is 2. The molecule has 0 aliphatic rings. The number of hydrogen-bond donors (Lipinski definition) is 0. The highest BCUT2D eigenvalue weighted by Crippen LogP contribution is 2.41. The zero-order chi connectivity index (χ0) is 10.5. The Balaban J connectivity index is 0.000000671. The van der Waals surface area contributed by atoms with E-state index < -0.39 is 0 Å². The second kappa shape index (κ2) is 6.81. The molecule has 0 aliphatic heterocycles. The number of hydrogen-bond acceptors (Lipinski definition) is 1. The van der Waals surface area contributed by atoms with E-state index >= 15 is 0 Å². The van der Waals surface area contributed by atoms with Crippen molar-refractivity contribution >= 4 is 67.8 Å². The zero-order valence-corrected chi connectivity index (χ0v) is 14.4. The summed E-state index contributed by atoms with van der Waals surface area (Å²) in [6, 6.07) is 2.06. The van der Waals surface area contributed by atoms with Crippen molar-refractivity contribution < 1.29 is 0 Å². The van der Waals surface area contributed by atoms with Gasteiger partial charge < -0.3 is 0 Å². The zero-order valence-electron chi connectivity index (χ0n) is 7.89. The Labute approximate surface area is 121 Å². The fourth-order valence-corrected chi connectivity index (χ4v) is 2.13. The van der Waals surface area contributed by atoms with Crippen molar-refractivity contribution in [2.75, 3.05) is 0 Å². The van der Waals surface area contributed by atoms with Crippen molar-refractivity contribution in [3.63, 3.8) is 0 Å². The van der Waals surface area contributed by atoms with Crippen molar-refractivity contribution in [3.05, 3.63) is 18.0 Å². The molecule has 0 saturated heterocycles. The first-order chi connectivity index (χ1) is 6.05. The van der Waals surface area contributed by atoms with E-state index in [1.54, 1.807) is 0 Å². The first-order valence-electron chi connectivity index (χ1n) is 4.16. The molecule has 5 heteroatoms. The second-order valence-corrected chi connectivity index (χ2v) is 12.9. The maximum absolute atomic E-state index is 4.25. The van der Waals surface area contributed by atoms with E-state index in [2.05, 4.69) is 85.9 Å². The van der Waals surface area contributed by atoms with Gasteiger partial charge in [-0.1, -0.05) is 20.8 Å². The van der Waals surface area contributed by atoms with Crippen LogP contribution in [0.4, 0.5) is 0 Å². The Morgan fingerprint density at radius 2 is 1.92 bits per heavy atom. The fraction of sp³-hybridized carbons (Fsp3) is 0.625. The van der Waals surface area contributed by atoms with Crippen molar-refractivity contribution in [1.82, 2.24) is 9.78 Å². The van der Waals surface area contributed by atoms with Crippen LogP contribution in [0.2, 0.25) is 0 Å². The van der Waals surface area contributed by atoms with E-state index in [0.29, 0.717) is 0 Å². The maximum atomic E-state index is 4.25. The molecule has 0 spiro atoms. The fourth-order valence-electron chi connectivity index (χ4n) is 0.827. The van der Waals surface area contributed by atoms with Crippen molar-refractivity contribution in [1.29, 1.82) is 0 Å². The minimum Gasteiger partial charge on any atom is -0.234 e. The normalized spacial score (nSPS) is 10.6. The molecule has 0 atom stereocenters. The third kappa shape index (κ3) is 4.63. The predicted molar refractivity (Wildman–Crippen MR) is 83.0 cm³/mol. The molecule has 0 N–H and O–H groups in total. The monoisotopic (exact) mass is 518 g/mol. The highest BCUT2D eigenvalue weighted by atomic mass is 127. The van der Waals surface area contributed by atoms with Gasteiger partial charge in [0.15, 0.2) is 0 Å². The molecule has 1 aromatic rings. The van der Waals surface area contributed by atoms with E-state index in [4.69, 9.17) is 0 Å². The molecule has 0 unspecified atom stereocenters. The maximum Gasteiger partial charge on any atom is 0.213 e. The SMILES string of the molecule is CC.CCc1ccnn1C(I)(I)I. The molecule has 1 aromatic heterocycles. The van der Waals surface area contributed by atoms with E-state index in [-0.39, 0.29) is -0.441 Å². The Kier molecular flexibility index (Phi) is 7.54. The summed E-state index contributed by atoms with van der Waals surface area (Å²) in [5, 5.41) is 4.25. The van der Waals surface area contributed by atoms with Gasteiger partial charge in [0, 0.05) is 11.9 Å². The molecule has 13 heavy (non-hydrogen) atoms. The summed E-state index contributed by atoms with van der Waals surface area (Å²) in [6.07, 6.45) is 2.89. The summed E-state index contributed by atoms with van der Waals surface area (Å²) in [4.78, 5) is 0. The van der Waals surface area contributed by atoms with Gasteiger partial charge in [-0.2, -0.15) is 5.10 Å². The largest absolute Gasteiger partial charge is 0.234 e. The van der Waals surface area contributed by atoms with Gasteiger partial charge in [-0.15, -0.1) is 0 Å². The second-order valence-electron chi connectivity index (χ2n) is 2.06. The van der Waals surface area contributed by atoms with Crippen LogP contribution in [-0.2, 0) is 5.98 Å². The molecule has 2 nitrogen and oxygen atoms in total. The van der Waals surface area contributed by atoms with Gasteiger partial charge in [-0.25, -0.2) is 4.68 Å². The number of alkyl halides is 3. The van der Waals surface area contributed by atoms with E-state index in [1.807, 2.05) is 24.7 Å². The van der Waals surface area contributed by atoms with Crippen molar-refractivity contribution in [2.24, 2.45) is 0 Å². The van der Waals surface area contributed by atoms with Crippen LogP contribution in [-0.4, -0.2) is 9.78 Å². The lowest BCUT2D eigenvalue weighted by atomic mass is 10.3. The van der Waals surface area contributed by atoms with Gasteiger partial charge in [0.2, 0.25) is -0.441 Å². The average Bonchev–Trinajstić information content (AvgIpc) is 2.54. The lowest BCUT2D eigenvalue weighted by Crippen LogP contribution is -2.14. The predicted octanol–water partition coefficient (Wildman–Crippen LogP) is 4.34. The minimum atomic E-state index is 0.0299. The van der Waals surface area contributed by atoms with Gasteiger partial charge in [0.05, 0.1) is 0 Å². The minimum absolute atomic E-state index is 0.0299. The average molecular weight is 518 g/mol. The van der Waals surface area contributed by atoms with Crippen LogP contribution in [0.5, 0.6) is 0 Å². The van der Waals surface area contributed by atoms with Gasteiger partial charge in [0.1, 0.15) is 0 Å². The highest BCUT2D eigenvalue weighted by molar-refractivity contribution is 14.3. The van der Waals surface area contributed by atoms with Gasteiger partial charge >= 0.3 is 0 Å². The molecule has 0 amide bonds. The molecule has 0 fully saturated rings. The summed E-state index contributed by atoms with van der Waals surface area (Å²) in [5.74, 6) is 0. The Morgan fingerprint density at radius 1 is 1.38 bits per heavy atom. The highest BCUT2D eigenvalue weighted by Gasteiger charge is 2.22. The van der Waals surface area contributed by atoms with Crippen molar-refractivity contribution in [2.45, 2.75) is 26.8 Å². The van der Waals surface area contributed by atoms with Crippen molar-refractivity contribution in [3.8, 4) is 0 Å². The third-order valence-corrected chi connectivity index (χ3v) is 2.69. The molecule has 0 radical (unpaired) electrons. The molecular weight excluding hydrogens is 505 g/mol. The summed E-state index contributed by atoms with van der Waals surface area (Å²) < 4.78 is 2.07. The topological polar surface area (TPSA) is 17.8 Å². The van der Waals surface area contributed by atoms with E-state index in [1.165, 1.54) is 5.69 Å². The molecule has 0 aliphatic carbocycles. The molecule has 1 heterocycles. The van der Waals surface area contributed by atoms with E-state index in [9.17, 15) is 0 Å². The van der Waals surface area contributed by atoms with Gasteiger partial charge in [-0.3, -0.25) is 0 Å². The summed E-state index contributed by atoms with van der Waals surface area (Å²) >= 11 is 7.09. The van der Waals surface area contributed by atoms with Crippen LogP contribution >= 0.6 is 67.8 Å². The summed E-state index contributed by atoms with van der Waals surface area (Å²) in [5.41, 5.74) is 1.28. The van der Waals surface area contributed by atoms with Crippen LogP contribution in [0.15, 0.2) is 12.3 Å². The molecule has 0 saturated carbocycles. The van der Waals surface area contributed by atoms with Gasteiger partial charge in [-0.05, 0) is 80.3 Å². The van der Waals surface area contributed by atoms with Crippen LogP contribution in [0.3, 0.4) is 0 Å². The first-order valence-corrected chi connectivity index (χ1v) is 7.39. The molecular formula is C8H13I3N2. The van der Waals surface area contributed by atoms with Gasteiger partial charge in [0.25, 0.3) is 0 Å². The molecule has 76 valence electrons. The smallest absolute Gasteiger partial charge is 0.213 e. The number of nitrogens with zero attached hydrogens (tertiary/aromatic N) is 2.